The van der Waals surface area contributed by atoms with E-state index in [1.807, 2.05) is 24.4 Å². The second-order valence-electron chi connectivity index (χ2n) is 5.63. The van der Waals surface area contributed by atoms with Crippen LogP contribution in [0, 0.1) is 6.92 Å². The van der Waals surface area contributed by atoms with E-state index < -0.39 is 9.84 Å². The number of carbonyl (C=O) groups is 1. The van der Waals surface area contributed by atoms with Crippen molar-refractivity contribution in [2.75, 3.05) is 17.3 Å². The van der Waals surface area contributed by atoms with Crippen molar-refractivity contribution in [1.82, 2.24) is 10.3 Å². The minimum Gasteiger partial charge on any atom is -0.350 e. The van der Waals surface area contributed by atoms with Crippen molar-refractivity contribution in [1.29, 1.82) is 0 Å². The molecule has 0 bridgehead atoms. The maximum absolute atomic E-state index is 11.9. The van der Waals surface area contributed by atoms with Crippen molar-refractivity contribution in [2.24, 2.45) is 0 Å². The largest absolute Gasteiger partial charge is 0.350 e. The van der Waals surface area contributed by atoms with E-state index in [2.05, 4.69) is 10.3 Å². The fourth-order valence-corrected chi connectivity index (χ4v) is 7.48. The molecule has 1 atom stereocenters. The minimum absolute atomic E-state index is 0.0521. The Balaban J connectivity index is 1.44. The highest BCUT2D eigenvalue weighted by Gasteiger charge is 2.28. The average molecular weight is 403 g/mol. The van der Waals surface area contributed by atoms with Crippen LogP contribution in [0.3, 0.4) is 0 Å². The molecule has 5 nitrogen and oxygen atoms in total. The molecule has 1 amide bonds. The van der Waals surface area contributed by atoms with Gasteiger partial charge in [0.05, 0.1) is 39.4 Å². The highest BCUT2D eigenvalue weighted by molar-refractivity contribution is 8.02. The molecule has 130 valence electrons. The molecule has 9 heteroatoms. The van der Waals surface area contributed by atoms with Gasteiger partial charge in [0.15, 0.2) is 9.84 Å². The van der Waals surface area contributed by atoms with E-state index in [1.165, 1.54) is 11.8 Å². The fourth-order valence-electron chi connectivity index (χ4n) is 2.41. The first-order valence-corrected chi connectivity index (χ1v) is 12.1. The molecule has 1 fully saturated rings. The zero-order valence-corrected chi connectivity index (χ0v) is 16.4. The third-order valence-electron chi connectivity index (χ3n) is 3.63. The summed E-state index contributed by atoms with van der Waals surface area (Å²) in [6, 6.07) is 4.03. The molecule has 1 aliphatic rings. The number of hydrogen-bond acceptors (Lipinski definition) is 7. The van der Waals surface area contributed by atoms with Gasteiger partial charge >= 0.3 is 0 Å². The number of nitrogens with zero attached hydrogens (tertiary/aromatic N) is 1. The van der Waals surface area contributed by atoms with Crippen LogP contribution in [0.5, 0.6) is 0 Å². The SMILES string of the molecule is Cc1nc(-c2ccc(CNC(=O)CS[C@H]3CCS(=O)(=O)C3)s2)cs1. The van der Waals surface area contributed by atoms with Gasteiger partial charge in [0.2, 0.25) is 5.91 Å². The summed E-state index contributed by atoms with van der Waals surface area (Å²) >= 11 is 4.69. The number of hydrogen-bond donors (Lipinski definition) is 1. The van der Waals surface area contributed by atoms with E-state index in [4.69, 9.17) is 0 Å². The monoisotopic (exact) mass is 402 g/mol. The van der Waals surface area contributed by atoms with Gasteiger partial charge in [0, 0.05) is 15.5 Å². The molecule has 2 aromatic heterocycles. The molecule has 0 saturated carbocycles. The van der Waals surface area contributed by atoms with Crippen LogP contribution < -0.4 is 5.32 Å². The lowest BCUT2D eigenvalue weighted by atomic mass is 10.3. The number of aryl methyl sites for hydroxylation is 1. The molecule has 2 aromatic rings. The van der Waals surface area contributed by atoms with Gasteiger partial charge in [-0.2, -0.15) is 0 Å². The second kappa shape index (κ2) is 7.55. The summed E-state index contributed by atoms with van der Waals surface area (Å²) in [5.74, 6) is 0.708. The van der Waals surface area contributed by atoms with Crippen molar-refractivity contribution in [3.8, 4) is 10.6 Å². The molecule has 3 rings (SSSR count). The van der Waals surface area contributed by atoms with E-state index in [0.717, 1.165) is 20.5 Å². The molecule has 0 aromatic carbocycles. The third-order valence-corrected chi connectivity index (χ3v) is 8.80. The molecule has 0 radical (unpaired) electrons. The molecule has 0 unspecified atom stereocenters. The van der Waals surface area contributed by atoms with Gasteiger partial charge in [0.1, 0.15) is 0 Å². The van der Waals surface area contributed by atoms with E-state index >= 15 is 0 Å². The van der Waals surface area contributed by atoms with Gasteiger partial charge < -0.3 is 5.32 Å². The standard InChI is InChI=1S/C15H18N2O3S4/c1-10-17-13(7-21-10)14-3-2-11(23-14)6-16-15(18)8-22-12-4-5-24(19,20)9-12/h2-3,7,12H,4-6,8-9H2,1H3,(H,16,18)/t12-/m0/s1. The maximum Gasteiger partial charge on any atom is 0.230 e. The number of thiophene rings is 1. The number of nitrogens with one attached hydrogen (secondary N) is 1. The number of amides is 1. The number of thioether (sulfide) groups is 1. The van der Waals surface area contributed by atoms with Crippen molar-refractivity contribution in [3.05, 3.63) is 27.4 Å². The third kappa shape index (κ3) is 4.81. The van der Waals surface area contributed by atoms with Crippen LogP contribution in [0.4, 0.5) is 0 Å². The predicted molar refractivity (Wildman–Crippen MR) is 102 cm³/mol. The molecule has 24 heavy (non-hydrogen) atoms. The van der Waals surface area contributed by atoms with Crippen LogP contribution in [-0.2, 0) is 21.2 Å². The first kappa shape index (κ1) is 17.9. The first-order chi connectivity index (χ1) is 11.4. The Labute approximate surface area is 153 Å². The smallest absolute Gasteiger partial charge is 0.230 e. The summed E-state index contributed by atoms with van der Waals surface area (Å²) in [6.07, 6.45) is 0.654. The van der Waals surface area contributed by atoms with Gasteiger partial charge in [-0.05, 0) is 25.5 Å². The van der Waals surface area contributed by atoms with Crippen LogP contribution in [0.1, 0.15) is 16.3 Å². The number of rotatable bonds is 6. The Morgan fingerprint density at radius 2 is 2.29 bits per heavy atom. The van der Waals surface area contributed by atoms with Gasteiger partial charge in [-0.15, -0.1) is 34.4 Å². The number of thiazole rings is 1. The van der Waals surface area contributed by atoms with Crippen molar-refractivity contribution in [2.45, 2.75) is 25.1 Å². The predicted octanol–water partition coefficient (Wildman–Crippen LogP) is 2.72. The molecular weight excluding hydrogens is 384 g/mol. The molecule has 1 saturated heterocycles. The van der Waals surface area contributed by atoms with Gasteiger partial charge in [-0.1, -0.05) is 0 Å². The summed E-state index contributed by atoms with van der Waals surface area (Å²) in [4.78, 5) is 18.6. The van der Waals surface area contributed by atoms with E-state index in [-0.39, 0.29) is 22.7 Å². The fraction of sp³-hybridized carbons (Fsp3) is 0.467. The van der Waals surface area contributed by atoms with Crippen LogP contribution in [0.15, 0.2) is 17.5 Å². The Morgan fingerprint density at radius 3 is 2.96 bits per heavy atom. The molecule has 0 aliphatic carbocycles. The summed E-state index contributed by atoms with van der Waals surface area (Å²) in [6.45, 7) is 2.48. The van der Waals surface area contributed by atoms with Crippen molar-refractivity contribution in [3.63, 3.8) is 0 Å². The van der Waals surface area contributed by atoms with Crippen molar-refractivity contribution < 1.29 is 13.2 Å². The first-order valence-electron chi connectivity index (χ1n) is 7.51. The lowest BCUT2D eigenvalue weighted by Crippen LogP contribution is -2.25. The summed E-state index contributed by atoms with van der Waals surface area (Å²) in [7, 11) is -2.88. The van der Waals surface area contributed by atoms with Gasteiger partial charge in [-0.25, -0.2) is 13.4 Å². The quantitative estimate of drug-likeness (QED) is 0.804. The van der Waals surface area contributed by atoms with Crippen LogP contribution in [0.2, 0.25) is 0 Å². The number of aromatic nitrogens is 1. The average Bonchev–Trinajstić information content (AvgIpc) is 3.23. The topological polar surface area (TPSA) is 76.1 Å². The minimum atomic E-state index is -2.88. The summed E-state index contributed by atoms with van der Waals surface area (Å²) < 4.78 is 22.8. The lowest BCUT2D eigenvalue weighted by molar-refractivity contribution is -0.118. The lowest BCUT2D eigenvalue weighted by Gasteiger charge is -2.07. The summed E-state index contributed by atoms with van der Waals surface area (Å²) in [5, 5.41) is 6.03. The Kier molecular flexibility index (Phi) is 5.63. The van der Waals surface area contributed by atoms with Gasteiger partial charge in [0.25, 0.3) is 0 Å². The molecule has 1 aliphatic heterocycles. The summed E-state index contributed by atoms with van der Waals surface area (Å²) in [5.41, 5.74) is 0.984. The zero-order chi connectivity index (χ0) is 17.2. The van der Waals surface area contributed by atoms with Crippen LogP contribution in [-0.4, -0.2) is 41.8 Å². The Bertz CT molecular complexity index is 825. The van der Waals surface area contributed by atoms with Crippen molar-refractivity contribution >= 4 is 50.2 Å². The van der Waals surface area contributed by atoms with E-state index in [1.54, 1.807) is 22.7 Å². The highest BCUT2D eigenvalue weighted by Crippen LogP contribution is 2.29. The van der Waals surface area contributed by atoms with E-state index in [9.17, 15) is 13.2 Å². The molecule has 3 heterocycles. The number of sulfone groups is 1. The number of carbonyl (C=O) groups excluding carboxylic acids is 1. The zero-order valence-electron chi connectivity index (χ0n) is 13.1. The van der Waals surface area contributed by atoms with Gasteiger partial charge in [-0.3, -0.25) is 4.79 Å². The normalized spacial score (nSPS) is 19.5. The van der Waals surface area contributed by atoms with Crippen LogP contribution in [0.25, 0.3) is 10.6 Å². The highest BCUT2D eigenvalue weighted by atomic mass is 32.2. The van der Waals surface area contributed by atoms with E-state index in [0.29, 0.717) is 18.7 Å². The molecular formula is C15H18N2O3S4. The Hall–Kier alpha value is -0.900. The second-order valence-corrected chi connectivity index (χ2v) is 11.4. The Morgan fingerprint density at radius 1 is 1.46 bits per heavy atom. The van der Waals surface area contributed by atoms with Crippen LogP contribution >= 0.6 is 34.4 Å². The molecule has 1 N–H and O–H groups in total. The molecule has 0 spiro atoms. The maximum atomic E-state index is 11.9.